The Morgan fingerprint density at radius 3 is 2.27 bits per heavy atom. The molecule has 0 aliphatic carbocycles. The monoisotopic (exact) mass is 918 g/mol. The summed E-state index contributed by atoms with van der Waals surface area (Å²) in [5.74, 6) is 3.65. The van der Waals surface area contributed by atoms with Gasteiger partial charge in [-0.05, 0) is 50.1 Å². The summed E-state index contributed by atoms with van der Waals surface area (Å²) in [6.07, 6.45) is 5.02. The Kier molecular flexibility index (Phi) is 25.6. The number of aromatic nitrogens is 1. The second kappa shape index (κ2) is 29.9. The number of carbonyl (C=O) groups excluding carboxylic acids is 4. The average Bonchev–Trinajstić information content (AvgIpc) is 4.01. The minimum atomic E-state index is -0.618. The van der Waals surface area contributed by atoms with Crippen LogP contribution in [0.4, 0.5) is 0 Å². The summed E-state index contributed by atoms with van der Waals surface area (Å²) in [5, 5.41) is 8.91. The van der Waals surface area contributed by atoms with Gasteiger partial charge in [-0.25, -0.2) is 10.9 Å². The number of amides is 4. The van der Waals surface area contributed by atoms with E-state index in [2.05, 4.69) is 41.2 Å². The van der Waals surface area contributed by atoms with Crippen LogP contribution in [0, 0.1) is 17.8 Å². The Labute approximate surface area is 386 Å². The minimum absolute atomic E-state index is 0.0188. The number of likely N-dealkylation sites (tertiary alicyclic amines) is 1. The molecule has 0 saturated carbocycles. The summed E-state index contributed by atoms with van der Waals surface area (Å²) >= 11 is 1.50. The fourth-order valence-corrected chi connectivity index (χ4v) is 9.41. The van der Waals surface area contributed by atoms with Crippen molar-refractivity contribution in [2.75, 3.05) is 80.5 Å². The van der Waals surface area contributed by atoms with E-state index in [9.17, 15) is 19.2 Å². The molecule has 1 aliphatic heterocycles. The first-order valence-electron chi connectivity index (χ1n) is 23.2. The normalized spacial score (nSPS) is 17.4. The Bertz CT molecular complexity index is 1620. The smallest absolute Gasteiger partial charge is 0.242 e. The molecule has 2 aromatic rings. The van der Waals surface area contributed by atoms with Crippen LogP contribution in [0.25, 0.3) is 0 Å². The third kappa shape index (κ3) is 17.0. The van der Waals surface area contributed by atoms with Crippen LogP contribution in [-0.4, -0.2) is 154 Å². The lowest BCUT2D eigenvalue weighted by Gasteiger charge is -2.41. The molecule has 17 heteroatoms. The molecule has 2 heterocycles. The van der Waals surface area contributed by atoms with Gasteiger partial charge in [-0.2, -0.15) is 0 Å². The Morgan fingerprint density at radius 2 is 1.66 bits per heavy atom. The van der Waals surface area contributed by atoms with Crippen molar-refractivity contribution in [3.05, 3.63) is 52.5 Å². The molecule has 1 aromatic carbocycles. The summed E-state index contributed by atoms with van der Waals surface area (Å²) in [5.41, 5.74) is 1.09. The van der Waals surface area contributed by atoms with Crippen molar-refractivity contribution in [1.29, 1.82) is 0 Å². The predicted molar refractivity (Wildman–Crippen MR) is 249 cm³/mol. The third-order valence-corrected chi connectivity index (χ3v) is 13.2. The number of nitrogens with one attached hydrogen (secondary N) is 2. The van der Waals surface area contributed by atoms with E-state index < -0.39 is 30.2 Å². The van der Waals surface area contributed by atoms with Gasteiger partial charge in [0.15, 0.2) is 0 Å². The molecular weight excluding hydrogens is 839 g/mol. The molecule has 4 N–H and O–H groups in total. The van der Waals surface area contributed by atoms with E-state index in [1.807, 2.05) is 78.2 Å². The highest BCUT2D eigenvalue weighted by Gasteiger charge is 2.43. The number of nitrogens with zero attached hydrogens (tertiary/aromatic N) is 4. The van der Waals surface area contributed by atoms with Crippen LogP contribution in [-0.2, 0) is 49.4 Å². The van der Waals surface area contributed by atoms with Gasteiger partial charge in [0, 0.05) is 45.4 Å². The first kappa shape index (κ1) is 54.8. The van der Waals surface area contributed by atoms with Crippen LogP contribution >= 0.6 is 11.3 Å². The highest BCUT2D eigenvalue weighted by atomic mass is 32.1. The summed E-state index contributed by atoms with van der Waals surface area (Å²) < 4.78 is 23.3. The summed E-state index contributed by atoms with van der Waals surface area (Å²) in [6, 6.07) is 8.45. The highest BCUT2D eigenvalue weighted by molar-refractivity contribution is 7.09. The summed E-state index contributed by atoms with van der Waals surface area (Å²) in [4.78, 5) is 71.1. The Balaban J connectivity index is 1.72. The predicted octanol–water partition coefficient (Wildman–Crippen LogP) is 4.63. The maximum absolute atomic E-state index is 14.5. The zero-order valence-corrected chi connectivity index (χ0v) is 40.8. The van der Waals surface area contributed by atoms with Crippen LogP contribution in [0.3, 0.4) is 0 Å². The fraction of sp³-hybridized carbons (Fsp3) is 0.723. The minimum Gasteiger partial charge on any atom is -0.379 e. The van der Waals surface area contributed by atoms with Crippen molar-refractivity contribution < 1.29 is 43.0 Å². The van der Waals surface area contributed by atoms with Gasteiger partial charge >= 0.3 is 0 Å². The number of rotatable bonds is 32. The van der Waals surface area contributed by atoms with E-state index in [0.29, 0.717) is 65.5 Å². The van der Waals surface area contributed by atoms with Crippen LogP contribution in [0.15, 0.2) is 41.9 Å². The molecule has 4 amide bonds. The number of carbonyl (C=O) groups is 4. The lowest BCUT2D eigenvalue weighted by atomic mass is 9.89. The number of nitrogens with two attached hydrogens (primary N) is 1. The standard InChI is InChI=1S/C47H79N7O9S/c1-10-12-21-54(41(56)32-50-46(58)42(33(3)4)52(7)23-24-61-25-26-62-27-28-63-48)43(34(5)11-2)39(59-8)31-40(55)53-22-16-19-38(53)44(60-9)35(6)45(57)51-37(47-49-20-29-64-47)30-36-17-14-13-15-18-36/h13-15,17-18,20,29,33-35,37-39,42-44H,10-12,16,19,21-28,30-32,48H2,1-9H3,(H,50,58)(H,51,57)/t34-,35+,37-,38-,39+,42-,43-,44+/m0/s1. The van der Waals surface area contributed by atoms with Crippen LogP contribution in [0.5, 0.6) is 0 Å². The van der Waals surface area contributed by atoms with Crippen molar-refractivity contribution >= 4 is 35.0 Å². The van der Waals surface area contributed by atoms with Crippen molar-refractivity contribution in [3.63, 3.8) is 0 Å². The second-order valence-electron chi connectivity index (χ2n) is 17.2. The molecule has 16 nitrogen and oxygen atoms in total. The van der Waals surface area contributed by atoms with E-state index in [1.165, 1.54) is 11.3 Å². The molecule has 0 unspecified atom stereocenters. The number of benzene rings is 1. The maximum Gasteiger partial charge on any atom is 0.242 e. The van der Waals surface area contributed by atoms with Gasteiger partial charge < -0.3 is 44.2 Å². The van der Waals surface area contributed by atoms with E-state index in [-0.39, 0.29) is 60.5 Å². The van der Waals surface area contributed by atoms with Gasteiger partial charge in [0.05, 0.1) is 88.3 Å². The fourth-order valence-electron chi connectivity index (χ4n) is 8.72. The molecule has 362 valence electrons. The number of thiazole rings is 1. The summed E-state index contributed by atoms with van der Waals surface area (Å²) in [6.45, 7) is 15.2. The molecule has 1 fully saturated rings. The number of likely N-dealkylation sites (N-methyl/N-ethyl adjacent to an activating group) is 1. The van der Waals surface area contributed by atoms with Crippen molar-refractivity contribution in [2.45, 2.75) is 123 Å². The van der Waals surface area contributed by atoms with Crippen LogP contribution in [0.2, 0.25) is 0 Å². The van der Waals surface area contributed by atoms with Gasteiger partial charge in [0.2, 0.25) is 23.6 Å². The van der Waals surface area contributed by atoms with Crippen molar-refractivity contribution in [2.24, 2.45) is 23.7 Å². The van der Waals surface area contributed by atoms with E-state index in [1.54, 1.807) is 20.4 Å². The van der Waals surface area contributed by atoms with Crippen molar-refractivity contribution in [1.82, 2.24) is 30.3 Å². The number of hydrogen-bond donors (Lipinski definition) is 3. The van der Waals surface area contributed by atoms with Gasteiger partial charge in [-0.3, -0.25) is 24.1 Å². The Morgan fingerprint density at radius 1 is 0.953 bits per heavy atom. The maximum atomic E-state index is 14.5. The zero-order valence-electron chi connectivity index (χ0n) is 40.0. The third-order valence-electron chi connectivity index (χ3n) is 12.3. The van der Waals surface area contributed by atoms with Crippen LogP contribution < -0.4 is 16.5 Å². The second-order valence-corrected chi connectivity index (χ2v) is 18.1. The molecular formula is C47H79N7O9S. The molecule has 3 rings (SSSR count). The number of unbranched alkanes of at least 4 members (excludes halogenated alkanes) is 1. The average molecular weight is 918 g/mol. The van der Waals surface area contributed by atoms with Gasteiger partial charge in [-0.1, -0.05) is 84.7 Å². The van der Waals surface area contributed by atoms with Gasteiger partial charge in [0.1, 0.15) is 5.01 Å². The van der Waals surface area contributed by atoms with E-state index >= 15 is 0 Å². The topological polar surface area (TPSA) is 187 Å². The lowest BCUT2D eigenvalue weighted by molar-refractivity contribution is -0.147. The van der Waals surface area contributed by atoms with Crippen molar-refractivity contribution in [3.8, 4) is 0 Å². The SMILES string of the molecule is CCCCN(C(=O)CNC(=O)[C@H](C(C)C)N(C)CCOCCOCCON)[C@@H]([C@@H](C)CC)[C@@H](CC(=O)N1CCC[C@H]1[C@H](OC)[C@@H](C)C(=O)N[C@@H](Cc1ccccc1)c1nccs1)OC. The van der Waals surface area contributed by atoms with Gasteiger partial charge in [-0.15, -0.1) is 11.3 Å². The quantitative estimate of drug-likeness (QED) is 0.0684. The molecule has 0 radical (unpaired) electrons. The Hall–Kier alpha value is -3.55. The first-order valence-corrected chi connectivity index (χ1v) is 24.0. The molecule has 64 heavy (non-hydrogen) atoms. The molecule has 1 saturated heterocycles. The highest BCUT2D eigenvalue weighted by Crippen LogP contribution is 2.30. The first-order chi connectivity index (χ1) is 30.8. The van der Waals surface area contributed by atoms with Gasteiger partial charge in [0.25, 0.3) is 0 Å². The van der Waals surface area contributed by atoms with E-state index in [0.717, 1.165) is 36.3 Å². The molecule has 1 aromatic heterocycles. The molecule has 8 atom stereocenters. The van der Waals surface area contributed by atoms with E-state index in [4.69, 9.17) is 24.8 Å². The largest absolute Gasteiger partial charge is 0.379 e. The zero-order chi connectivity index (χ0) is 47.0. The van der Waals surface area contributed by atoms with Crippen LogP contribution in [0.1, 0.15) is 96.7 Å². The number of ether oxygens (including phenoxy) is 4. The molecule has 0 spiro atoms. The molecule has 0 bridgehead atoms. The molecule has 1 aliphatic rings. The summed E-state index contributed by atoms with van der Waals surface area (Å²) in [7, 11) is 5.06. The number of hydrogen-bond acceptors (Lipinski definition) is 13. The number of methoxy groups -OCH3 is 2. The lowest BCUT2D eigenvalue weighted by Crippen LogP contribution is -2.57.